The maximum Gasteiger partial charge on any atom is 0.0809 e. The van der Waals surface area contributed by atoms with Crippen LogP contribution in [0.15, 0.2) is 85.1 Å². The van der Waals surface area contributed by atoms with Gasteiger partial charge in [0.2, 0.25) is 0 Å². The zero-order valence-electron chi connectivity index (χ0n) is 13.9. The molecule has 0 bridgehead atoms. The van der Waals surface area contributed by atoms with Crippen molar-refractivity contribution in [2.45, 2.75) is 0 Å². The number of halogens is 1. The van der Waals surface area contributed by atoms with Gasteiger partial charge in [-0.2, -0.15) is 0 Å². The number of aromatic nitrogens is 2. The van der Waals surface area contributed by atoms with Crippen molar-refractivity contribution in [3.63, 3.8) is 0 Å². The van der Waals surface area contributed by atoms with Crippen LogP contribution < -0.4 is 0 Å². The zero-order chi connectivity index (χ0) is 17.5. The lowest BCUT2D eigenvalue weighted by Gasteiger charge is -2.10. The molecule has 0 aliphatic rings. The first-order valence-electron chi connectivity index (χ1n) is 8.52. The van der Waals surface area contributed by atoms with Crippen molar-refractivity contribution in [3.8, 4) is 22.5 Å². The molecular weight excluding hydrogens is 340 g/mol. The summed E-state index contributed by atoms with van der Waals surface area (Å²) in [6, 6.07) is 26.7. The molecule has 0 amide bonds. The highest BCUT2D eigenvalue weighted by molar-refractivity contribution is 6.36. The first kappa shape index (κ1) is 15.2. The third-order valence-electron chi connectivity index (χ3n) is 4.72. The number of nitrogens with zero attached hydrogens (tertiary/aromatic N) is 1. The van der Waals surface area contributed by atoms with E-state index in [1.165, 1.54) is 0 Å². The van der Waals surface area contributed by atoms with Gasteiger partial charge in [0, 0.05) is 33.6 Å². The molecule has 5 aromatic rings. The Balaban J connectivity index is 1.87. The van der Waals surface area contributed by atoms with Gasteiger partial charge in [0.15, 0.2) is 0 Å². The minimum absolute atomic E-state index is 0.731. The van der Waals surface area contributed by atoms with E-state index in [1.54, 1.807) is 0 Å². The maximum absolute atomic E-state index is 6.51. The molecule has 0 radical (unpaired) electrons. The second-order valence-corrected chi connectivity index (χ2v) is 6.72. The second-order valence-electron chi connectivity index (χ2n) is 6.31. The van der Waals surface area contributed by atoms with Crippen molar-refractivity contribution in [1.82, 2.24) is 9.97 Å². The number of nitrogens with one attached hydrogen (secondary N) is 1. The molecule has 2 nitrogen and oxygen atoms in total. The number of fused-ring (bicyclic) bond motifs is 2. The molecule has 0 unspecified atom stereocenters. The van der Waals surface area contributed by atoms with Crippen LogP contribution in [0.5, 0.6) is 0 Å². The second kappa shape index (κ2) is 6.01. The van der Waals surface area contributed by atoms with Gasteiger partial charge in [0.1, 0.15) is 0 Å². The van der Waals surface area contributed by atoms with Gasteiger partial charge in [-0.15, -0.1) is 0 Å². The summed E-state index contributed by atoms with van der Waals surface area (Å²) in [7, 11) is 0. The number of hydrogen-bond acceptors (Lipinski definition) is 1. The minimum atomic E-state index is 0.731. The number of aromatic amines is 1. The molecule has 124 valence electrons. The molecule has 0 spiro atoms. The molecule has 0 saturated heterocycles. The van der Waals surface area contributed by atoms with E-state index >= 15 is 0 Å². The summed E-state index contributed by atoms with van der Waals surface area (Å²) in [5.74, 6) is 0. The normalized spacial score (nSPS) is 11.3. The molecule has 0 fully saturated rings. The maximum atomic E-state index is 6.51. The van der Waals surface area contributed by atoms with E-state index in [0.717, 1.165) is 49.2 Å². The Hall–Kier alpha value is -3.10. The quantitative estimate of drug-likeness (QED) is 0.375. The Morgan fingerprint density at radius 1 is 0.808 bits per heavy atom. The van der Waals surface area contributed by atoms with E-state index in [4.69, 9.17) is 16.6 Å². The van der Waals surface area contributed by atoms with Crippen LogP contribution >= 0.6 is 11.6 Å². The summed E-state index contributed by atoms with van der Waals surface area (Å²) in [5.41, 5.74) is 5.05. The Morgan fingerprint density at radius 2 is 1.62 bits per heavy atom. The number of rotatable bonds is 2. The van der Waals surface area contributed by atoms with Crippen LogP contribution in [-0.4, -0.2) is 9.97 Å². The Kier molecular flexibility index (Phi) is 3.51. The molecule has 0 saturated carbocycles. The van der Waals surface area contributed by atoms with E-state index < -0.39 is 0 Å². The van der Waals surface area contributed by atoms with Crippen LogP contribution in [-0.2, 0) is 0 Å². The number of benzene rings is 3. The highest BCUT2D eigenvalue weighted by atomic mass is 35.5. The summed E-state index contributed by atoms with van der Waals surface area (Å²) < 4.78 is 0. The summed E-state index contributed by atoms with van der Waals surface area (Å²) in [5, 5.41) is 4.03. The van der Waals surface area contributed by atoms with E-state index in [1.807, 2.05) is 48.7 Å². The summed E-state index contributed by atoms with van der Waals surface area (Å²) >= 11 is 6.51. The first-order valence-corrected chi connectivity index (χ1v) is 8.90. The highest BCUT2D eigenvalue weighted by Crippen LogP contribution is 2.37. The largest absolute Gasteiger partial charge is 0.360 e. The zero-order valence-corrected chi connectivity index (χ0v) is 14.7. The van der Waals surface area contributed by atoms with E-state index in [9.17, 15) is 0 Å². The molecule has 0 aliphatic heterocycles. The van der Waals surface area contributed by atoms with Gasteiger partial charge in [-0.25, -0.2) is 4.98 Å². The van der Waals surface area contributed by atoms with Crippen LogP contribution in [0, 0.1) is 0 Å². The fraction of sp³-hybridized carbons (Fsp3) is 0. The Morgan fingerprint density at radius 3 is 2.50 bits per heavy atom. The molecule has 3 aromatic carbocycles. The summed E-state index contributed by atoms with van der Waals surface area (Å²) in [6.45, 7) is 0. The van der Waals surface area contributed by atoms with Gasteiger partial charge in [-0.1, -0.05) is 72.3 Å². The van der Waals surface area contributed by atoms with E-state index in [2.05, 4.69) is 41.4 Å². The molecule has 2 aromatic heterocycles. The summed E-state index contributed by atoms with van der Waals surface area (Å²) in [4.78, 5) is 8.35. The standard InChI is InChI=1S/C23H15ClN2/c24-19-11-6-12-20-22(19)18(14-25-20)23-17-10-5-4-9-16(17)13-21(26-23)15-7-2-1-3-8-15/h1-14,25H. The van der Waals surface area contributed by atoms with Gasteiger partial charge in [0.25, 0.3) is 0 Å². The van der Waals surface area contributed by atoms with Crippen LogP contribution in [0.3, 0.4) is 0 Å². The van der Waals surface area contributed by atoms with Crippen LogP contribution in [0.1, 0.15) is 0 Å². The predicted molar refractivity (Wildman–Crippen MR) is 109 cm³/mol. The predicted octanol–water partition coefficient (Wildman–Crippen LogP) is 6.70. The van der Waals surface area contributed by atoms with Gasteiger partial charge in [0.05, 0.1) is 16.4 Å². The molecule has 3 heteroatoms. The van der Waals surface area contributed by atoms with Gasteiger partial charge in [-0.3, -0.25) is 0 Å². The van der Waals surface area contributed by atoms with Crippen molar-refractivity contribution in [3.05, 3.63) is 90.1 Å². The van der Waals surface area contributed by atoms with Crippen LogP contribution in [0.4, 0.5) is 0 Å². The summed E-state index contributed by atoms with van der Waals surface area (Å²) in [6.07, 6.45) is 2.00. The lowest BCUT2D eigenvalue weighted by Crippen LogP contribution is -1.90. The van der Waals surface area contributed by atoms with Gasteiger partial charge in [-0.05, 0) is 23.6 Å². The van der Waals surface area contributed by atoms with Crippen molar-refractivity contribution in [2.24, 2.45) is 0 Å². The third kappa shape index (κ3) is 2.39. The molecular formula is C23H15ClN2. The fourth-order valence-corrected chi connectivity index (χ4v) is 3.76. The third-order valence-corrected chi connectivity index (χ3v) is 5.03. The molecule has 0 atom stereocenters. The number of H-pyrrole nitrogens is 1. The van der Waals surface area contributed by atoms with Crippen molar-refractivity contribution < 1.29 is 0 Å². The van der Waals surface area contributed by atoms with Crippen LogP contribution in [0.2, 0.25) is 5.02 Å². The molecule has 26 heavy (non-hydrogen) atoms. The molecule has 5 rings (SSSR count). The Labute approximate surface area is 156 Å². The molecule has 1 N–H and O–H groups in total. The van der Waals surface area contributed by atoms with Gasteiger partial charge >= 0.3 is 0 Å². The van der Waals surface area contributed by atoms with E-state index in [0.29, 0.717) is 0 Å². The topological polar surface area (TPSA) is 28.7 Å². The van der Waals surface area contributed by atoms with Crippen LogP contribution in [0.25, 0.3) is 44.2 Å². The van der Waals surface area contributed by atoms with E-state index in [-0.39, 0.29) is 0 Å². The lowest BCUT2D eigenvalue weighted by molar-refractivity contribution is 1.35. The number of hydrogen-bond donors (Lipinski definition) is 1. The SMILES string of the molecule is Clc1cccc2[nH]cc(-c3nc(-c4ccccc4)cc4ccccc34)c12. The first-order chi connectivity index (χ1) is 12.8. The lowest BCUT2D eigenvalue weighted by atomic mass is 10.0. The van der Waals surface area contributed by atoms with Crippen molar-refractivity contribution >= 4 is 33.3 Å². The monoisotopic (exact) mass is 354 g/mol. The van der Waals surface area contributed by atoms with Gasteiger partial charge < -0.3 is 4.98 Å². The number of pyridine rings is 1. The minimum Gasteiger partial charge on any atom is -0.360 e. The Bertz CT molecular complexity index is 1240. The fourth-order valence-electron chi connectivity index (χ4n) is 3.49. The van der Waals surface area contributed by atoms with Crippen molar-refractivity contribution in [2.75, 3.05) is 0 Å². The average molecular weight is 355 g/mol. The average Bonchev–Trinajstić information content (AvgIpc) is 3.13. The highest BCUT2D eigenvalue weighted by Gasteiger charge is 2.15. The molecule has 2 heterocycles. The van der Waals surface area contributed by atoms with Crippen molar-refractivity contribution in [1.29, 1.82) is 0 Å². The smallest absolute Gasteiger partial charge is 0.0809 e. The molecule has 0 aliphatic carbocycles.